The van der Waals surface area contributed by atoms with Crippen molar-refractivity contribution in [2.75, 3.05) is 18.0 Å². The molecular formula is C10H15BrN4. The Morgan fingerprint density at radius 2 is 1.80 bits per heavy atom. The summed E-state index contributed by atoms with van der Waals surface area (Å²) in [7, 11) is 0. The minimum Gasteiger partial charge on any atom is -0.338 e. The van der Waals surface area contributed by atoms with Gasteiger partial charge in [-0.3, -0.25) is 0 Å². The quantitative estimate of drug-likeness (QED) is 0.838. The van der Waals surface area contributed by atoms with Crippen LogP contribution in [0.2, 0.25) is 0 Å². The van der Waals surface area contributed by atoms with Gasteiger partial charge in [0.15, 0.2) is 0 Å². The zero-order chi connectivity index (χ0) is 10.8. The van der Waals surface area contributed by atoms with Crippen molar-refractivity contribution in [3.05, 3.63) is 16.9 Å². The fourth-order valence-corrected chi connectivity index (χ4v) is 2.16. The highest BCUT2D eigenvalue weighted by Gasteiger charge is 2.22. The number of aromatic nitrogens is 2. The van der Waals surface area contributed by atoms with E-state index in [4.69, 9.17) is 0 Å². The van der Waals surface area contributed by atoms with Crippen LogP contribution in [0.15, 0.2) is 16.9 Å². The van der Waals surface area contributed by atoms with Gasteiger partial charge in [-0.15, -0.1) is 0 Å². The van der Waals surface area contributed by atoms with Crippen molar-refractivity contribution in [1.82, 2.24) is 15.3 Å². The van der Waals surface area contributed by atoms with Crippen LogP contribution in [-0.2, 0) is 0 Å². The Bertz CT molecular complexity index is 317. The van der Waals surface area contributed by atoms with Crippen molar-refractivity contribution in [2.24, 2.45) is 0 Å². The number of anilines is 1. The van der Waals surface area contributed by atoms with E-state index in [0.29, 0.717) is 12.1 Å². The molecule has 1 N–H and O–H groups in total. The third-order valence-corrected chi connectivity index (χ3v) is 2.86. The molecular weight excluding hydrogens is 256 g/mol. The van der Waals surface area contributed by atoms with Gasteiger partial charge < -0.3 is 10.2 Å². The predicted molar refractivity (Wildman–Crippen MR) is 64.0 cm³/mol. The Balaban J connectivity index is 2.12. The largest absolute Gasteiger partial charge is 0.338 e. The standard InChI is InChI=1S/C10H15BrN4/c1-7-5-15(6-8(2)14-7)10-12-3-9(11)4-13-10/h3-4,7-8,14H,5-6H2,1-2H3. The third-order valence-electron chi connectivity index (χ3n) is 2.45. The van der Waals surface area contributed by atoms with E-state index in [1.807, 2.05) is 0 Å². The highest BCUT2D eigenvalue weighted by atomic mass is 79.9. The van der Waals surface area contributed by atoms with Crippen molar-refractivity contribution in [3.8, 4) is 0 Å². The Morgan fingerprint density at radius 1 is 1.27 bits per heavy atom. The van der Waals surface area contributed by atoms with Gasteiger partial charge in [-0.1, -0.05) is 0 Å². The fourth-order valence-electron chi connectivity index (χ4n) is 1.96. The first kappa shape index (κ1) is 10.8. The van der Waals surface area contributed by atoms with Crippen LogP contribution in [0.5, 0.6) is 0 Å². The van der Waals surface area contributed by atoms with Gasteiger partial charge in [-0.05, 0) is 29.8 Å². The smallest absolute Gasteiger partial charge is 0.225 e. The highest BCUT2D eigenvalue weighted by Crippen LogP contribution is 2.14. The Labute approximate surface area is 98.2 Å². The monoisotopic (exact) mass is 270 g/mol. The minimum absolute atomic E-state index is 0.487. The average molecular weight is 271 g/mol. The number of hydrogen-bond donors (Lipinski definition) is 1. The van der Waals surface area contributed by atoms with Crippen molar-refractivity contribution < 1.29 is 0 Å². The molecule has 0 spiro atoms. The summed E-state index contributed by atoms with van der Waals surface area (Å²) >= 11 is 3.34. The molecule has 5 heteroatoms. The molecule has 2 unspecified atom stereocenters. The van der Waals surface area contributed by atoms with Gasteiger partial charge >= 0.3 is 0 Å². The molecule has 1 saturated heterocycles. The fraction of sp³-hybridized carbons (Fsp3) is 0.600. The lowest BCUT2D eigenvalue weighted by Gasteiger charge is -2.36. The van der Waals surface area contributed by atoms with Crippen LogP contribution in [-0.4, -0.2) is 35.1 Å². The lowest BCUT2D eigenvalue weighted by molar-refractivity contribution is 0.403. The maximum Gasteiger partial charge on any atom is 0.225 e. The molecule has 0 saturated carbocycles. The van der Waals surface area contributed by atoms with Gasteiger partial charge in [0.05, 0.1) is 4.47 Å². The molecule has 2 atom stereocenters. The second-order valence-corrected chi connectivity index (χ2v) is 4.99. The van der Waals surface area contributed by atoms with E-state index in [-0.39, 0.29) is 0 Å². The topological polar surface area (TPSA) is 41.1 Å². The average Bonchev–Trinajstić information content (AvgIpc) is 2.17. The van der Waals surface area contributed by atoms with E-state index in [1.165, 1.54) is 0 Å². The first-order chi connectivity index (χ1) is 7.15. The van der Waals surface area contributed by atoms with Gasteiger partial charge in [0.25, 0.3) is 0 Å². The summed E-state index contributed by atoms with van der Waals surface area (Å²) in [6.45, 7) is 6.29. The molecule has 82 valence electrons. The molecule has 1 fully saturated rings. The van der Waals surface area contributed by atoms with Crippen molar-refractivity contribution in [1.29, 1.82) is 0 Å². The van der Waals surface area contributed by atoms with Crippen molar-refractivity contribution in [3.63, 3.8) is 0 Å². The molecule has 1 aliphatic heterocycles. The molecule has 0 aromatic carbocycles. The van der Waals surface area contributed by atoms with E-state index < -0.39 is 0 Å². The number of nitrogens with one attached hydrogen (secondary N) is 1. The third kappa shape index (κ3) is 2.66. The van der Waals surface area contributed by atoms with Crippen LogP contribution in [0.1, 0.15) is 13.8 Å². The zero-order valence-electron chi connectivity index (χ0n) is 8.94. The first-order valence-corrected chi connectivity index (χ1v) is 5.93. The van der Waals surface area contributed by atoms with E-state index in [9.17, 15) is 0 Å². The summed E-state index contributed by atoms with van der Waals surface area (Å²) in [6.07, 6.45) is 3.58. The van der Waals surface area contributed by atoms with Gasteiger partial charge in [0.1, 0.15) is 0 Å². The van der Waals surface area contributed by atoms with Crippen LogP contribution < -0.4 is 10.2 Å². The van der Waals surface area contributed by atoms with Crippen LogP contribution in [0.3, 0.4) is 0 Å². The number of nitrogens with zero attached hydrogens (tertiary/aromatic N) is 3. The Hall–Kier alpha value is -0.680. The molecule has 2 rings (SSSR count). The molecule has 15 heavy (non-hydrogen) atoms. The second kappa shape index (κ2) is 4.45. The molecule has 0 amide bonds. The summed E-state index contributed by atoms with van der Waals surface area (Å²) in [5.74, 6) is 0.818. The van der Waals surface area contributed by atoms with E-state index in [1.54, 1.807) is 12.4 Å². The van der Waals surface area contributed by atoms with Gasteiger partial charge in [-0.25, -0.2) is 9.97 Å². The summed E-state index contributed by atoms with van der Waals surface area (Å²) in [5, 5.41) is 3.48. The maximum absolute atomic E-state index is 4.31. The molecule has 1 aliphatic rings. The van der Waals surface area contributed by atoms with E-state index in [2.05, 4.69) is 50.0 Å². The second-order valence-electron chi connectivity index (χ2n) is 4.08. The molecule has 1 aromatic rings. The van der Waals surface area contributed by atoms with Gasteiger partial charge in [-0.2, -0.15) is 0 Å². The molecule has 0 radical (unpaired) electrons. The highest BCUT2D eigenvalue weighted by molar-refractivity contribution is 9.10. The van der Waals surface area contributed by atoms with Crippen LogP contribution in [0.25, 0.3) is 0 Å². The first-order valence-electron chi connectivity index (χ1n) is 5.13. The molecule has 1 aromatic heterocycles. The molecule has 2 heterocycles. The molecule has 0 bridgehead atoms. The normalized spacial score (nSPS) is 26.7. The summed E-state index contributed by atoms with van der Waals surface area (Å²) in [4.78, 5) is 10.8. The van der Waals surface area contributed by atoms with Crippen LogP contribution in [0.4, 0.5) is 5.95 Å². The lowest BCUT2D eigenvalue weighted by Crippen LogP contribution is -2.54. The molecule has 0 aliphatic carbocycles. The Kier molecular flexibility index (Phi) is 3.21. The maximum atomic E-state index is 4.31. The zero-order valence-corrected chi connectivity index (χ0v) is 10.5. The van der Waals surface area contributed by atoms with Gasteiger partial charge in [0.2, 0.25) is 5.95 Å². The summed E-state index contributed by atoms with van der Waals surface area (Å²) in [5.41, 5.74) is 0. The number of rotatable bonds is 1. The Morgan fingerprint density at radius 3 is 2.33 bits per heavy atom. The predicted octanol–water partition coefficient (Wildman–Crippen LogP) is 1.43. The lowest BCUT2D eigenvalue weighted by atomic mass is 10.1. The number of hydrogen-bond acceptors (Lipinski definition) is 4. The van der Waals surface area contributed by atoms with E-state index in [0.717, 1.165) is 23.5 Å². The van der Waals surface area contributed by atoms with Crippen molar-refractivity contribution in [2.45, 2.75) is 25.9 Å². The SMILES string of the molecule is CC1CN(c2ncc(Br)cn2)CC(C)N1. The molecule has 4 nitrogen and oxygen atoms in total. The van der Waals surface area contributed by atoms with Crippen LogP contribution >= 0.6 is 15.9 Å². The number of piperazine rings is 1. The summed E-state index contributed by atoms with van der Waals surface area (Å²) < 4.78 is 0.919. The number of halogens is 1. The van der Waals surface area contributed by atoms with Gasteiger partial charge in [0, 0.05) is 37.6 Å². The summed E-state index contributed by atoms with van der Waals surface area (Å²) in [6, 6.07) is 0.974. The minimum atomic E-state index is 0.487. The van der Waals surface area contributed by atoms with Crippen LogP contribution in [0, 0.1) is 0 Å². The van der Waals surface area contributed by atoms with Crippen molar-refractivity contribution >= 4 is 21.9 Å². The van der Waals surface area contributed by atoms with E-state index >= 15 is 0 Å².